The number of carbonyl (C=O) groups is 2. The van der Waals surface area contributed by atoms with Crippen molar-refractivity contribution in [3.63, 3.8) is 0 Å². The number of amides is 1. The zero-order valence-corrected chi connectivity index (χ0v) is 23.5. The number of hydrazone groups is 1. The van der Waals surface area contributed by atoms with Crippen molar-refractivity contribution in [3.05, 3.63) is 64.2 Å². The Labute approximate surface area is 237 Å². The van der Waals surface area contributed by atoms with Crippen LogP contribution in [0, 0.1) is 6.92 Å². The predicted octanol–water partition coefficient (Wildman–Crippen LogP) is 4.04. The summed E-state index contributed by atoms with van der Waals surface area (Å²) in [5, 5.41) is 15.0. The van der Waals surface area contributed by atoms with E-state index < -0.39 is 22.3 Å². The van der Waals surface area contributed by atoms with Gasteiger partial charge in [0, 0.05) is 22.8 Å². The Morgan fingerprint density at radius 3 is 2.48 bits per heavy atom. The van der Waals surface area contributed by atoms with Crippen LogP contribution < -0.4 is 11.2 Å². The molecule has 0 unspecified atom stereocenters. The fourth-order valence-electron chi connectivity index (χ4n) is 3.66. The highest BCUT2D eigenvalue weighted by molar-refractivity contribution is 7.88. The monoisotopic (exact) mass is 622 g/mol. The highest BCUT2D eigenvalue weighted by atomic mass is 35.5. The van der Waals surface area contributed by atoms with Gasteiger partial charge in [0.05, 0.1) is 12.3 Å². The van der Waals surface area contributed by atoms with Gasteiger partial charge in [0.25, 0.3) is 0 Å². The Hall–Kier alpha value is -3.24. The molecule has 1 aromatic heterocycles. The van der Waals surface area contributed by atoms with Gasteiger partial charge in [-0.1, -0.05) is 29.8 Å². The summed E-state index contributed by atoms with van der Waals surface area (Å²) in [6.45, 7) is 3.10. The van der Waals surface area contributed by atoms with Crippen molar-refractivity contribution in [1.82, 2.24) is 10.2 Å². The molecule has 1 saturated heterocycles. The molecule has 3 aromatic rings. The van der Waals surface area contributed by atoms with Crippen LogP contribution in [0.3, 0.4) is 0 Å². The van der Waals surface area contributed by atoms with E-state index in [1.807, 2.05) is 36.2 Å². The molecule has 4 rings (SSSR count). The van der Waals surface area contributed by atoms with Crippen molar-refractivity contribution >= 4 is 61.2 Å². The van der Waals surface area contributed by atoms with Crippen LogP contribution in [-0.4, -0.2) is 66.9 Å². The lowest BCUT2D eigenvalue weighted by Gasteiger charge is -2.16. The van der Waals surface area contributed by atoms with E-state index in [0.29, 0.717) is 17.1 Å². The van der Waals surface area contributed by atoms with Crippen LogP contribution in [0.25, 0.3) is 10.1 Å². The van der Waals surface area contributed by atoms with Crippen LogP contribution in [0.4, 0.5) is 13.2 Å². The van der Waals surface area contributed by atoms with Gasteiger partial charge in [-0.05, 0) is 66.7 Å². The molecular formula is C24H26ClF3N4O6S2. The lowest BCUT2D eigenvalue weighted by molar-refractivity contribution is -0.192. The summed E-state index contributed by atoms with van der Waals surface area (Å²) in [6.07, 6.45) is -2.61. The summed E-state index contributed by atoms with van der Waals surface area (Å²) in [4.78, 5) is 22.7. The average molecular weight is 623 g/mol. The Morgan fingerprint density at radius 1 is 1.30 bits per heavy atom. The number of hydrogen-bond donors (Lipinski definition) is 4. The second kappa shape index (κ2) is 13.9. The quantitative estimate of drug-likeness (QED) is 0.143. The number of likely N-dealkylation sites (N-methyl/N-ethyl adjacent to an activating group) is 1. The summed E-state index contributed by atoms with van der Waals surface area (Å²) >= 11 is 6.85. The predicted molar refractivity (Wildman–Crippen MR) is 146 cm³/mol. The molecule has 218 valence electrons. The second-order valence-corrected chi connectivity index (χ2v) is 11.5. The van der Waals surface area contributed by atoms with Crippen LogP contribution in [0.1, 0.15) is 23.1 Å². The SMILES string of the molecule is CN[C@H]1CCN(Cc2cccc(C=NN)c2)C1=O.Cc1c(S(=O)(=O)O)sc2ccc(Cl)cc12.O=C(O)C(F)(F)F. The molecule has 0 aliphatic carbocycles. The molecule has 1 fully saturated rings. The normalized spacial score (nSPS) is 15.5. The lowest BCUT2D eigenvalue weighted by Crippen LogP contribution is -2.35. The number of carboxylic acids is 1. The number of nitrogens with zero attached hydrogens (tertiary/aromatic N) is 2. The van der Waals surface area contributed by atoms with Gasteiger partial charge >= 0.3 is 22.3 Å². The molecule has 1 amide bonds. The summed E-state index contributed by atoms with van der Waals surface area (Å²) in [7, 11) is -2.31. The maximum atomic E-state index is 12.0. The van der Waals surface area contributed by atoms with E-state index >= 15 is 0 Å². The van der Waals surface area contributed by atoms with Crippen LogP contribution in [0.2, 0.25) is 5.02 Å². The van der Waals surface area contributed by atoms with E-state index in [9.17, 15) is 26.4 Å². The first kappa shape index (κ1) is 33.0. The molecule has 40 heavy (non-hydrogen) atoms. The summed E-state index contributed by atoms with van der Waals surface area (Å²) < 4.78 is 63.6. The van der Waals surface area contributed by atoms with Crippen LogP contribution in [-0.2, 0) is 26.3 Å². The number of fused-ring (bicyclic) bond motifs is 1. The van der Waals surface area contributed by atoms with Crippen LogP contribution in [0.5, 0.6) is 0 Å². The van der Waals surface area contributed by atoms with E-state index in [4.69, 9.17) is 31.9 Å². The van der Waals surface area contributed by atoms with Crippen molar-refractivity contribution in [2.24, 2.45) is 10.9 Å². The van der Waals surface area contributed by atoms with Gasteiger partial charge in [-0.2, -0.15) is 26.7 Å². The van der Waals surface area contributed by atoms with E-state index in [1.165, 1.54) is 0 Å². The van der Waals surface area contributed by atoms with Gasteiger partial charge in [-0.3, -0.25) is 9.35 Å². The van der Waals surface area contributed by atoms with Gasteiger partial charge < -0.3 is 21.2 Å². The standard InChI is InChI=1S/C13H18N4O.C9H7ClO3S2.C2HF3O2/c1-15-12-5-6-17(13(12)18)9-11-4-2-3-10(7-11)8-16-14;1-5-7-4-6(10)2-3-8(7)14-9(5)15(11,12)13;3-2(4,5)1(6)7/h2-4,7-8,12,15H,5-6,9,14H2,1H3;2-4H,1H3,(H,11,12,13);(H,6,7)/t12-;;/m0../s1. The molecule has 0 bridgehead atoms. The van der Waals surface area contributed by atoms with Crippen molar-refractivity contribution in [2.45, 2.75) is 36.3 Å². The van der Waals surface area contributed by atoms with Crippen LogP contribution in [0.15, 0.2) is 51.8 Å². The number of carbonyl (C=O) groups excluding carboxylic acids is 1. The molecule has 2 aromatic carbocycles. The molecular weight excluding hydrogens is 597 g/mol. The minimum absolute atomic E-state index is 0.0141. The molecule has 0 spiro atoms. The Morgan fingerprint density at radius 2 is 1.95 bits per heavy atom. The molecule has 10 nitrogen and oxygen atoms in total. The zero-order valence-electron chi connectivity index (χ0n) is 21.1. The number of nitrogens with one attached hydrogen (secondary N) is 1. The Bertz CT molecular complexity index is 1500. The molecule has 16 heteroatoms. The first-order valence-corrected chi connectivity index (χ1v) is 14.0. The minimum atomic E-state index is -5.08. The molecule has 5 N–H and O–H groups in total. The molecule has 1 aliphatic rings. The van der Waals surface area contributed by atoms with E-state index in [-0.39, 0.29) is 16.2 Å². The first-order valence-electron chi connectivity index (χ1n) is 11.3. The highest BCUT2D eigenvalue weighted by Crippen LogP contribution is 2.35. The van der Waals surface area contributed by atoms with Crippen LogP contribution >= 0.6 is 22.9 Å². The smallest absolute Gasteiger partial charge is 0.475 e. The van der Waals surface area contributed by atoms with E-state index in [1.54, 1.807) is 31.3 Å². The topological polar surface area (TPSA) is 162 Å². The Balaban J connectivity index is 0.000000230. The molecule has 1 atom stereocenters. The number of thiophene rings is 1. The third kappa shape index (κ3) is 9.16. The van der Waals surface area contributed by atoms with Gasteiger partial charge in [-0.15, -0.1) is 11.3 Å². The van der Waals surface area contributed by atoms with Crippen molar-refractivity contribution in [1.29, 1.82) is 0 Å². The van der Waals surface area contributed by atoms with Crippen molar-refractivity contribution in [3.8, 4) is 0 Å². The number of rotatable bonds is 5. The third-order valence-electron chi connectivity index (χ3n) is 5.53. The number of benzene rings is 2. The fraction of sp³-hybridized carbons (Fsp3) is 0.292. The molecule has 0 saturated carbocycles. The zero-order chi connectivity index (χ0) is 30.3. The number of nitrogens with two attached hydrogens (primary N) is 1. The number of halogens is 4. The summed E-state index contributed by atoms with van der Waals surface area (Å²) in [5.41, 5.74) is 2.59. The van der Waals surface area contributed by atoms with Crippen molar-refractivity contribution < 1.29 is 40.8 Å². The summed E-state index contributed by atoms with van der Waals surface area (Å²) in [6, 6.07) is 13.0. The average Bonchev–Trinajstić information content (AvgIpc) is 3.39. The summed E-state index contributed by atoms with van der Waals surface area (Å²) in [5.74, 6) is 2.55. The number of carboxylic acid groups (broad SMARTS) is 1. The largest absolute Gasteiger partial charge is 0.490 e. The molecule has 0 radical (unpaired) electrons. The second-order valence-electron chi connectivity index (χ2n) is 8.35. The lowest BCUT2D eigenvalue weighted by atomic mass is 10.1. The number of hydrogen-bond acceptors (Lipinski definition) is 8. The maximum Gasteiger partial charge on any atom is 0.490 e. The highest BCUT2D eigenvalue weighted by Gasteiger charge is 2.38. The number of aliphatic carboxylic acids is 1. The van der Waals surface area contributed by atoms with Gasteiger partial charge in [-0.25, -0.2) is 4.79 Å². The van der Waals surface area contributed by atoms with Gasteiger partial charge in [0.1, 0.15) is 0 Å². The van der Waals surface area contributed by atoms with Crippen molar-refractivity contribution in [2.75, 3.05) is 13.6 Å². The molecule has 1 aliphatic heterocycles. The van der Waals surface area contributed by atoms with E-state index in [2.05, 4.69) is 10.4 Å². The maximum absolute atomic E-state index is 12.0. The van der Waals surface area contributed by atoms with Gasteiger partial charge in [0.15, 0.2) is 4.21 Å². The third-order valence-corrected chi connectivity index (χ3v) is 8.48. The number of alkyl halides is 3. The molecule has 2 heterocycles. The number of likely N-dealkylation sites (tertiary alicyclic amines) is 1. The first-order chi connectivity index (χ1) is 18.6. The fourth-order valence-corrected chi connectivity index (χ4v) is 5.94. The Kier molecular flexibility index (Phi) is 11.5. The van der Waals surface area contributed by atoms with Gasteiger partial charge in [0.2, 0.25) is 5.91 Å². The number of aryl methyl sites for hydroxylation is 1. The van der Waals surface area contributed by atoms with E-state index in [0.717, 1.165) is 45.5 Å². The minimum Gasteiger partial charge on any atom is -0.475 e.